The monoisotopic (exact) mass is 504 g/mol. The number of rotatable bonds is 7. The van der Waals surface area contributed by atoms with Gasteiger partial charge in [-0.15, -0.1) is 0 Å². The third kappa shape index (κ3) is 4.72. The fourth-order valence-electron chi connectivity index (χ4n) is 2.89. The van der Waals surface area contributed by atoms with Crippen molar-refractivity contribution in [3.05, 3.63) is 52.0 Å². The minimum absolute atomic E-state index is 0.145. The Labute approximate surface area is 190 Å². The Morgan fingerprint density at radius 1 is 1.12 bits per heavy atom. The van der Waals surface area contributed by atoms with Crippen LogP contribution in [0.1, 0.15) is 5.56 Å². The number of ether oxygens (including phenoxy) is 3. The van der Waals surface area contributed by atoms with E-state index in [1.807, 2.05) is 0 Å². The van der Waals surface area contributed by atoms with Crippen molar-refractivity contribution in [3.8, 4) is 17.2 Å². The van der Waals surface area contributed by atoms with Gasteiger partial charge in [0.25, 0.3) is 11.8 Å². The molecule has 0 atom stereocenters. The van der Waals surface area contributed by atoms with Crippen molar-refractivity contribution in [1.29, 1.82) is 0 Å². The van der Waals surface area contributed by atoms with Crippen LogP contribution in [-0.2, 0) is 14.4 Å². The standard InChI is InChI=1S/C21H17BrN2O8/c1-30-13-5-3-12(4-6-13)24-20(28)14(19(27)23-21(24)29)7-11-8-15(22)18(16(9-11)31-2)32-10-17(25)26/h3-9H,10H2,1-2H3,(H,25,26)(H,23,27,29). The number of hydrogen-bond donors (Lipinski definition) is 2. The Kier molecular flexibility index (Phi) is 6.79. The molecule has 1 aliphatic heterocycles. The molecule has 0 saturated carbocycles. The lowest BCUT2D eigenvalue weighted by Crippen LogP contribution is -2.54. The van der Waals surface area contributed by atoms with Crippen LogP contribution < -0.4 is 24.4 Å². The minimum Gasteiger partial charge on any atom is -0.497 e. The second-order valence-electron chi connectivity index (χ2n) is 6.37. The van der Waals surface area contributed by atoms with E-state index in [-0.39, 0.29) is 22.8 Å². The first-order valence-electron chi connectivity index (χ1n) is 9.02. The van der Waals surface area contributed by atoms with Crippen molar-refractivity contribution >= 4 is 51.5 Å². The summed E-state index contributed by atoms with van der Waals surface area (Å²) in [7, 11) is 2.84. The van der Waals surface area contributed by atoms with Gasteiger partial charge in [-0.2, -0.15) is 0 Å². The van der Waals surface area contributed by atoms with Crippen molar-refractivity contribution in [2.24, 2.45) is 0 Å². The van der Waals surface area contributed by atoms with Crippen LogP contribution in [0, 0.1) is 0 Å². The molecule has 0 bridgehead atoms. The highest BCUT2D eigenvalue weighted by molar-refractivity contribution is 9.10. The highest BCUT2D eigenvalue weighted by atomic mass is 79.9. The van der Waals surface area contributed by atoms with Crippen LogP contribution in [0.2, 0.25) is 0 Å². The summed E-state index contributed by atoms with van der Waals surface area (Å²) in [6.07, 6.45) is 1.29. The molecule has 10 nitrogen and oxygen atoms in total. The zero-order valence-corrected chi connectivity index (χ0v) is 18.5. The number of barbiturate groups is 1. The Bertz CT molecular complexity index is 1130. The summed E-state index contributed by atoms with van der Waals surface area (Å²) in [5.41, 5.74) is 0.343. The molecule has 32 heavy (non-hydrogen) atoms. The number of nitrogens with one attached hydrogen (secondary N) is 1. The molecule has 0 spiro atoms. The van der Waals surface area contributed by atoms with E-state index in [1.54, 1.807) is 12.1 Å². The molecule has 1 aliphatic rings. The van der Waals surface area contributed by atoms with Gasteiger partial charge in [0, 0.05) is 0 Å². The topological polar surface area (TPSA) is 131 Å². The highest BCUT2D eigenvalue weighted by Gasteiger charge is 2.36. The number of carbonyl (C=O) groups excluding carboxylic acids is 3. The molecule has 0 radical (unpaired) electrons. The summed E-state index contributed by atoms with van der Waals surface area (Å²) in [6, 6.07) is 8.28. The quantitative estimate of drug-likeness (QED) is 0.434. The van der Waals surface area contributed by atoms with E-state index in [4.69, 9.17) is 19.3 Å². The number of nitrogens with zero attached hydrogens (tertiary/aromatic N) is 1. The summed E-state index contributed by atoms with van der Waals surface area (Å²) in [4.78, 5) is 49.3. The number of hydrogen-bond acceptors (Lipinski definition) is 7. The van der Waals surface area contributed by atoms with Gasteiger partial charge < -0.3 is 19.3 Å². The molecular formula is C21H17BrN2O8. The number of halogens is 1. The molecule has 2 aromatic rings. The van der Waals surface area contributed by atoms with Crippen LogP contribution in [0.4, 0.5) is 10.5 Å². The summed E-state index contributed by atoms with van der Waals surface area (Å²) in [6.45, 7) is -0.588. The summed E-state index contributed by atoms with van der Waals surface area (Å²) in [5, 5.41) is 11.0. The Balaban J connectivity index is 1.98. The van der Waals surface area contributed by atoms with Gasteiger partial charge >= 0.3 is 12.0 Å². The van der Waals surface area contributed by atoms with E-state index in [0.717, 1.165) is 4.90 Å². The van der Waals surface area contributed by atoms with E-state index in [2.05, 4.69) is 21.2 Å². The molecule has 1 fully saturated rings. The number of carboxylic acid groups (broad SMARTS) is 1. The third-order valence-corrected chi connectivity index (χ3v) is 4.92. The van der Waals surface area contributed by atoms with Crippen molar-refractivity contribution < 1.29 is 38.5 Å². The zero-order chi connectivity index (χ0) is 23.4. The number of amides is 4. The fourth-order valence-corrected chi connectivity index (χ4v) is 3.46. The van der Waals surface area contributed by atoms with Gasteiger partial charge in [-0.1, -0.05) is 0 Å². The smallest absolute Gasteiger partial charge is 0.341 e. The van der Waals surface area contributed by atoms with Crippen LogP contribution >= 0.6 is 15.9 Å². The lowest BCUT2D eigenvalue weighted by molar-refractivity contribution is -0.139. The lowest BCUT2D eigenvalue weighted by atomic mass is 10.1. The highest BCUT2D eigenvalue weighted by Crippen LogP contribution is 2.37. The molecule has 3 rings (SSSR count). The van der Waals surface area contributed by atoms with Gasteiger partial charge in [-0.05, 0) is 64.0 Å². The van der Waals surface area contributed by atoms with Crippen LogP contribution in [0.3, 0.4) is 0 Å². The van der Waals surface area contributed by atoms with Crippen molar-refractivity contribution in [2.45, 2.75) is 0 Å². The van der Waals surface area contributed by atoms with E-state index < -0.39 is 30.4 Å². The van der Waals surface area contributed by atoms with Crippen LogP contribution in [-0.4, -0.2) is 49.7 Å². The largest absolute Gasteiger partial charge is 0.497 e. The van der Waals surface area contributed by atoms with Gasteiger partial charge in [-0.25, -0.2) is 14.5 Å². The number of aliphatic carboxylic acids is 1. The normalized spacial score (nSPS) is 14.9. The van der Waals surface area contributed by atoms with Crippen molar-refractivity contribution in [1.82, 2.24) is 5.32 Å². The minimum atomic E-state index is -1.17. The number of carbonyl (C=O) groups is 4. The molecule has 4 amide bonds. The van der Waals surface area contributed by atoms with Gasteiger partial charge in [0.2, 0.25) is 0 Å². The van der Waals surface area contributed by atoms with Crippen LogP contribution in [0.15, 0.2) is 46.4 Å². The molecule has 2 aromatic carbocycles. The van der Waals surface area contributed by atoms with E-state index in [1.165, 1.54) is 44.6 Å². The summed E-state index contributed by atoms with van der Waals surface area (Å²) in [5.74, 6) is -1.98. The van der Waals surface area contributed by atoms with Gasteiger partial charge in [0.15, 0.2) is 18.1 Å². The van der Waals surface area contributed by atoms with Gasteiger partial charge in [-0.3, -0.25) is 14.9 Å². The maximum atomic E-state index is 13.0. The second-order valence-corrected chi connectivity index (χ2v) is 7.23. The SMILES string of the molecule is COc1ccc(N2C(=O)NC(=O)C(=Cc3cc(Br)c(OCC(=O)O)c(OC)c3)C2=O)cc1. The van der Waals surface area contributed by atoms with Gasteiger partial charge in [0.05, 0.1) is 24.4 Å². The number of methoxy groups -OCH3 is 2. The molecule has 166 valence electrons. The van der Waals surface area contributed by atoms with Gasteiger partial charge in [0.1, 0.15) is 11.3 Å². The predicted molar refractivity (Wildman–Crippen MR) is 116 cm³/mol. The Hall–Kier alpha value is -3.86. The average molecular weight is 505 g/mol. The molecule has 2 N–H and O–H groups in total. The molecule has 1 saturated heterocycles. The fraction of sp³-hybridized carbons (Fsp3) is 0.143. The van der Waals surface area contributed by atoms with E-state index in [0.29, 0.717) is 15.8 Å². The maximum Gasteiger partial charge on any atom is 0.341 e. The van der Waals surface area contributed by atoms with Crippen LogP contribution in [0.25, 0.3) is 6.08 Å². The number of carboxylic acids is 1. The average Bonchev–Trinajstić information content (AvgIpc) is 2.75. The number of anilines is 1. The first kappa shape index (κ1) is 22.8. The molecule has 0 aliphatic carbocycles. The summed E-state index contributed by atoms with van der Waals surface area (Å²) >= 11 is 3.27. The third-order valence-electron chi connectivity index (χ3n) is 4.34. The molecule has 11 heteroatoms. The molecule has 0 aromatic heterocycles. The second kappa shape index (κ2) is 9.52. The number of benzene rings is 2. The summed E-state index contributed by atoms with van der Waals surface area (Å²) < 4.78 is 15.9. The first-order valence-corrected chi connectivity index (χ1v) is 9.82. The van der Waals surface area contributed by atoms with Crippen LogP contribution in [0.5, 0.6) is 17.2 Å². The molecular weight excluding hydrogens is 488 g/mol. The first-order chi connectivity index (χ1) is 15.2. The molecule has 0 unspecified atom stereocenters. The number of urea groups is 1. The zero-order valence-electron chi connectivity index (χ0n) is 16.9. The predicted octanol–water partition coefficient (Wildman–Crippen LogP) is 2.60. The van der Waals surface area contributed by atoms with E-state index >= 15 is 0 Å². The number of imide groups is 2. The van der Waals surface area contributed by atoms with Crippen molar-refractivity contribution in [3.63, 3.8) is 0 Å². The maximum absolute atomic E-state index is 13.0. The van der Waals surface area contributed by atoms with E-state index in [9.17, 15) is 19.2 Å². The Morgan fingerprint density at radius 2 is 1.81 bits per heavy atom. The molecule has 1 heterocycles. The Morgan fingerprint density at radius 3 is 2.41 bits per heavy atom. The lowest BCUT2D eigenvalue weighted by Gasteiger charge is -2.26. The van der Waals surface area contributed by atoms with Crippen molar-refractivity contribution in [2.75, 3.05) is 25.7 Å².